The number of anilines is 1. The zero-order valence-corrected chi connectivity index (χ0v) is 11.1. The van der Waals surface area contributed by atoms with Crippen molar-refractivity contribution in [2.45, 2.75) is 51.2 Å². The van der Waals surface area contributed by atoms with Gasteiger partial charge in [0, 0.05) is 13.5 Å². The van der Waals surface area contributed by atoms with E-state index in [0.717, 1.165) is 37.7 Å². The molecule has 1 aliphatic carbocycles. The standard InChI is InChI=1S/C13H21N3O2/c1-3-11-12(14)15-8-16-13(11)18-10-6-4-5-9(7-10)17-2/h8-10H,3-7H2,1-2H3,(H2,14,15,16). The molecule has 0 bridgehead atoms. The van der Waals surface area contributed by atoms with E-state index in [9.17, 15) is 0 Å². The van der Waals surface area contributed by atoms with Gasteiger partial charge in [-0.25, -0.2) is 9.97 Å². The zero-order valence-electron chi connectivity index (χ0n) is 11.1. The van der Waals surface area contributed by atoms with Crippen molar-refractivity contribution < 1.29 is 9.47 Å². The second kappa shape index (κ2) is 6.00. The fraction of sp³-hybridized carbons (Fsp3) is 0.692. The molecule has 1 aromatic heterocycles. The van der Waals surface area contributed by atoms with E-state index in [0.29, 0.717) is 17.8 Å². The van der Waals surface area contributed by atoms with Crippen molar-refractivity contribution in [2.75, 3.05) is 12.8 Å². The first kappa shape index (κ1) is 13.1. The molecule has 5 heteroatoms. The van der Waals surface area contributed by atoms with Crippen LogP contribution in [0.15, 0.2) is 6.33 Å². The van der Waals surface area contributed by atoms with Crippen LogP contribution in [0, 0.1) is 0 Å². The lowest BCUT2D eigenvalue weighted by molar-refractivity contribution is 0.0192. The maximum absolute atomic E-state index is 5.98. The molecule has 2 rings (SSSR count). The molecule has 0 spiro atoms. The maximum Gasteiger partial charge on any atom is 0.222 e. The lowest BCUT2D eigenvalue weighted by atomic mass is 9.95. The summed E-state index contributed by atoms with van der Waals surface area (Å²) in [6.07, 6.45) is 6.92. The van der Waals surface area contributed by atoms with Crippen LogP contribution in [-0.4, -0.2) is 29.3 Å². The van der Waals surface area contributed by atoms with E-state index in [4.69, 9.17) is 15.2 Å². The molecular formula is C13H21N3O2. The molecular weight excluding hydrogens is 230 g/mol. The number of methoxy groups -OCH3 is 1. The molecule has 0 aromatic carbocycles. The summed E-state index contributed by atoms with van der Waals surface area (Å²) < 4.78 is 11.4. The monoisotopic (exact) mass is 251 g/mol. The van der Waals surface area contributed by atoms with Crippen LogP contribution in [0.1, 0.15) is 38.2 Å². The first-order chi connectivity index (χ1) is 8.74. The third kappa shape index (κ3) is 2.90. The summed E-state index contributed by atoms with van der Waals surface area (Å²) in [6.45, 7) is 2.03. The molecule has 0 radical (unpaired) electrons. The zero-order chi connectivity index (χ0) is 13.0. The van der Waals surface area contributed by atoms with Crippen molar-refractivity contribution in [1.82, 2.24) is 9.97 Å². The minimum atomic E-state index is 0.170. The smallest absolute Gasteiger partial charge is 0.222 e. The van der Waals surface area contributed by atoms with Crippen molar-refractivity contribution in [2.24, 2.45) is 0 Å². The van der Waals surface area contributed by atoms with E-state index in [2.05, 4.69) is 9.97 Å². The van der Waals surface area contributed by atoms with Crippen LogP contribution in [-0.2, 0) is 11.2 Å². The van der Waals surface area contributed by atoms with Crippen LogP contribution >= 0.6 is 0 Å². The Kier molecular flexibility index (Phi) is 4.36. The molecule has 1 heterocycles. The summed E-state index contributed by atoms with van der Waals surface area (Å²) >= 11 is 0. The highest BCUT2D eigenvalue weighted by atomic mass is 16.5. The average Bonchev–Trinajstić information content (AvgIpc) is 2.39. The van der Waals surface area contributed by atoms with E-state index >= 15 is 0 Å². The minimum absolute atomic E-state index is 0.170. The van der Waals surface area contributed by atoms with Crippen LogP contribution in [0.2, 0.25) is 0 Å². The van der Waals surface area contributed by atoms with Gasteiger partial charge in [0.05, 0.1) is 11.7 Å². The van der Waals surface area contributed by atoms with E-state index in [1.165, 1.54) is 6.33 Å². The number of nitrogens with zero attached hydrogens (tertiary/aromatic N) is 2. The molecule has 1 aliphatic rings. The molecule has 18 heavy (non-hydrogen) atoms. The van der Waals surface area contributed by atoms with Crippen LogP contribution in [0.25, 0.3) is 0 Å². The van der Waals surface area contributed by atoms with Crippen molar-refractivity contribution in [3.05, 3.63) is 11.9 Å². The summed E-state index contributed by atoms with van der Waals surface area (Å²) in [6, 6.07) is 0. The van der Waals surface area contributed by atoms with Gasteiger partial charge >= 0.3 is 0 Å². The molecule has 1 saturated carbocycles. The molecule has 100 valence electrons. The Bertz CT molecular complexity index is 398. The molecule has 2 unspecified atom stereocenters. The number of ether oxygens (including phenoxy) is 2. The predicted molar refractivity (Wildman–Crippen MR) is 69.5 cm³/mol. The molecule has 0 aliphatic heterocycles. The lowest BCUT2D eigenvalue weighted by Gasteiger charge is -2.28. The Balaban J connectivity index is 2.07. The van der Waals surface area contributed by atoms with E-state index in [1.54, 1.807) is 7.11 Å². The van der Waals surface area contributed by atoms with Gasteiger partial charge in [-0.2, -0.15) is 0 Å². The Morgan fingerprint density at radius 1 is 1.33 bits per heavy atom. The fourth-order valence-electron chi connectivity index (χ4n) is 2.42. The predicted octanol–water partition coefficient (Wildman–Crippen LogP) is 1.96. The van der Waals surface area contributed by atoms with Crippen LogP contribution < -0.4 is 10.5 Å². The van der Waals surface area contributed by atoms with Gasteiger partial charge in [0.1, 0.15) is 18.2 Å². The summed E-state index contributed by atoms with van der Waals surface area (Å²) in [5.74, 6) is 1.15. The third-order valence-electron chi connectivity index (χ3n) is 3.48. The second-order valence-corrected chi connectivity index (χ2v) is 4.66. The summed E-state index contributed by atoms with van der Waals surface area (Å²) in [7, 11) is 1.76. The number of nitrogen functional groups attached to an aromatic ring is 1. The van der Waals surface area contributed by atoms with Crippen molar-refractivity contribution >= 4 is 5.82 Å². The second-order valence-electron chi connectivity index (χ2n) is 4.66. The Morgan fingerprint density at radius 3 is 2.83 bits per heavy atom. The molecule has 2 atom stereocenters. The van der Waals surface area contributed by atoms with Gasteiger partial charge in [0.2, 0.25) is 5.88 Å². The fourth-order valence-corrected chi connectivity index (χ4v) is 2.42. The largest absolute Gasteiger partial charge is 0.474 e. The summed E-state index contributed by atoms with van der Waals surface area (Å²) in [5.41, 5.74) is 6.73. The van der Waals surface area contributed by atoms with Gasteiger partial charge in [-0.15, -0.1) is 0 Å². The maximum atomic E-state index is 5.98. The summed E-state index contributed by atoms with van der Waals surface area (Å²) in [4.78, 5) is 8.20. The van der Waals surface area contributed by atoms with Gasteiger partial charge in [0.25, 0.3) is 0 Å². The number of aromatic nitrogens is 2. The normalized spacial score (nSPS) is 23.9. The van der Waals surface area contributed by atoms with Gasteiger partial charge < -0.3 is 15.2 Å². The van der Waals surface area contributed by atoms with E-state index in [-0.39, 0.29) is 6.10 Å². The highest BCUT2D eigenvalue weighted by molar-refractivity contribution is 5.44. The molecule has 0 saturated heterocycles. The Labute approximate surface area is 108 Å². The summed E-state index contributed by atoms with van der Waals surface area (Å²) in [5, 5.41) is 0. The van der Waals surface area contributed by atoms with Crippen LogP contribution in [0.4, 0.5) is 5.82 Å². The van der Waals surface area contributed by atoms with Crippen molar-refractivity contribution in [3.63, 3.8) is 0 Å². The third-order valence-corrected chi connectivity index (χ3v) is 3.48. The highest BCUT2D eigenvalue weighted by Crippen LogP contribution is 2.27. The molecule has 0 amide bonds. The molecule has 5 nitrogen and oxygen atoms in total. The molecule has 1 fully saturated rings. The van der Waals surface area contributed by atoms with Gasteiger partial charge in [0.15, 0.2) is 0 Å². The molecule has 2 N–H and O–H groups in total. The van der Waals surface area contributed by atoms with Crippen molar-refractivity contribution in [3.8, 4) is 5.88 Å². The number of nitrogens with two attached hydrogens (primary N) is 1. The van der Waals surface area contributed by atoms with Gasteiger partial charge in [-0.3, -0.25) is 0 Å². The first-order valence-corrected chi connectivity index (χ1v) is 6.53. The number of rotatable bonds is 4. The number of hydrogen-bond donors (Lipinski definition) is 1. The van der Waals surface area contributed by atoms with Crippen LogP contribution in [0.5, 0.6) is 5.88 Å². The highest BCUT2D eigenvalue weighted by Gasteiger charge is 2.24. The van der Waals surface area contributed by atoms with E-state index in [1.807, 2.05) is 6.92 Å². The Morgan fingerprint density at radius 2 is 2.11 bits per heavy atom. The minimum Gasteiger partial charge on any atom is -0.474 e. The van der Waals surface area contributed by atoms with Gasteiger partial charge in [-0.1, -0.05) is 6.92 Å². The lowest BCUT2D eigenvalue weighted by Crippen LogP contribution is -2.30. The van der Waals surface area contributed by atoms with E-state index < -0.39 is 0 Å². The topological polar surface area (TPSA) is 70.3 Å². The van der Waals surface area contributed by atoms with Gasteiger partial charge in [-0.05, 0) is 25.7 Å². The Hall–Kier alpha value is -1.36. The quantitative estimate of drug-likeness (QED) is 0.885. The van der Waals surface area contributed by atoms with Crippen LogP contribution in [0.3, 0.4) is 0 Å². The first-order valence-electron chi connectivity index (χ1n) is 6.53. The number of hydrogen-bond acceptors (Lipinski definition) is 5. The SMILES string of the molecule is CCc1c(N)ncnc1OC1CCCC(OC)C1. The van der Waals surface area contributed by atoms with Crippen molar-refractivity contribution in [1.29, 1.82) is 0 Å². The molecule has 1 aromatic rings. The average molecular weight is 251 g/mol.